The molecule has 0 unspecified atom stereocenters. The van der Waals surface area contributed by atoms with Crippen molar-refractivity contribution in [3.05, 3.63) is 83.7 Å². The first-order valence-electron chi connectivity index (χ1n) is 14.2. The molecule has 1 aliphatic heterocycles. The second-order valence-electron chi connectivity index (χ2n) is 11.1. The predicted octanol–water partition coefficient (Wildman–Crippen LogP) is 4.81. The Morgan fingerprint density at radius 2 is 1.68 bits per heavy atom. The van der Waals surface area contributed by atoms with Gasteiger partial charge in [0.05, 0.1) is 35.3 Å². The number of benzene rings is 2. The van der Waals surface area contributed by atoms with Gasteiger partial charge in [0.15, 0.2) is 5.65 Å². The number of nitrogens with zero attached hydrogens (tertiary/aromatic N) is 4. The number of pyridine rings is 1. The monoisotopic (exact) mass is 573 g/mol. The Hall–Kier alpha value is -3.76. The van der Waals surface area contributed by atoms with Crippen molar-refractivity contribution in [3.63, 3.8) is 0 Å². The molecule has 9 nitrogen and oxygen atoms in total. The van der Waals surface area contributed by atoms with Gasteiger partial charge in [-0.25, -0.2) is 22.8 Å². The third kappa shape index (κ3) is 6.13. The van der Waals surface area contributed by atoms with Gasteiger partial charge in [-0.1, -0.05) is 55.0 Å². The summed E-state index contributed by atoms with van der Waals surface area (Å²) in [6, 6.07) is 21.7. The summed E-state index contributed by atoms with van der Waals surface area (Å²) >= 11 is 0. The number of ether oxygens (including phenoxy) is 1. The van der Waals surface area contributed by atoms with Crippen molar-refractivity contribution < 1.29 is 17.9 Å². The van der Waals surface area contributed by atoms with E-state index in [0.29, 0.717) is 30.7 Å². The first-order valence-corrected chi connectivity index (χ1v) is 16.1. The maximum atomic E-state index is 13.1. The van der Waals surface area contributed by atoms with Gasteiger partial charge in [-0.3, -0.25) is 4.79 Å². The second-order valence-corrected chi connectivity index (χ2v) is 12.9. The summed E-state index contributed by atoms with van der Waals surface area (Å²) in [6.07, 6.45) is 6.17. The molecule has 2 fully saturated rings. The van der Waals surface area contributed by atoms with Crippen LogP contribution in [-0.2, 0) is 21.4 Å². The highest BCUT2D eigenvalue weighted by molar-refractivity contribution is 7.89. The van der Waals surface area contributed by atoms with E-state index in [0.717, 1.165) is 73.9 Å². The average molecular weight is 574 g/mol. The lowest BCUT2D eigenvalue weighted by atomic mass is 9.82. The van der Waals surface area contributed by atoms with Crippen LogP contribution >= 0.6 is 0 Å². The standard InChI is InChI=1S/C31H35N5O4S/c1-41(38,39)34-31(37)26-19-27(35-17-15-23(16-18-35)21-40-20-22-9-4-2-5-10-22)28-29(24-11-8-12-24)33-36(30(28)32-26)25-13-6-3-7-14-25/h2-7,9-10,13-14,19,23-24H,8,11-12,15-18,20-21H2,1H3,(H,34,37). The van der Waals surface area contributed by atoms with E-state index in [1.807, 2.05) is 48.5 Å². The molecule has 2 aromatic carbocycles. The fraction of sp³-hybridized carbons (Fsp3) is 0.387. The van der Waals surface area contributed by atoms with E-state index >= 15 is 0 Å². The Balaban J connectivity index is 1.33. The van der Waals surface area contributed by atoms with Crippen molar-refractivity contribution in [2.45, 2.75) is 44.6 Å². The number of para-hydroxylation sites is 1. The van der Waals surface area contributed by atoms with Gasteiger partial charge in [0.25, 0.3) is 5.91 Å². The smallest absolute Gasteiger partial charge is 0.283 e. The number of hydrogen-bond acceptors (Lipinski definition) is 7. The summed E-state index contributed by atoms with van der Waals surface area (Å²) in [5.74, 6) is 0.0342. The van der Waals surface area contributed by atoms with Crippen molar-refractivity contribution in [1.29, 1.82) is 0 Å². The van der Waals surface area contributed by atoms with E-state index < -0.39 is 15.9 Å². The Morgan fingerprint density at radius 3 is 2.32 bits per heavy atom. The first kappa shape index (κ1) is 27.4. The fourth-order valence-electron chi connectivity index (χ4n) is 5.68. The van der Waals surface area contributed by atoms with E-state index in [2.05, 4.69) is 21.8 Å². The summed E-state index contributed by atoms with van der Waals surface area (Å²) in [6.45, 7) is 2.91. The Kier molecular flexibility index (Phi) is 7.77. The highest BCUT2D eigenvalue weighted by Gasteiger charge is 2.31. The number of anilines is 1. The number of nitrogens with one attached hydrogen (secondary N) is 1. The zero-order valence-electron chi connectivity index (χ0n) is 23.2. The van der Waals surface area contributed by atoms with Crippen LogP contribution in [0.5, 0.6) is 0 Å². The Labute approximate surface area is 240 Å². The Bertz CT molecular complexity index is 1630. The van der Waals surface area contributed by atoms with Crippen molar-refractivity contribution in [2.75, 3.05) is 30.9 Å². The molecule has 214 valence electrons. The molecule has 3 heterocycles. The molecule has 41 heavy (non-hydrogen) atoms. The number of carbonyl (C=O) groups excluding carboxylic acids is 1. The zero-order chi connectivity index (χ0) is 28.4. The lowest BCUT2D eigenvalue weighted by Gasteiger charge is -2.34. The largest absolute Gasteiger partial charge is 0.376 e. The molecule has 1 saturated heterocycles. The van der Waals surface area contributed by atoms with Crippen LogP contribution in [0.4, 0.5) is 5.69 Å². The zero-order valence-corrected chi connectivity index (χ0v) is 24.0. The van der Waals surface area contributed by atoms with E-state index in [1.165, 1.54) is 5.56 Å². The third-order valence-electron chi connectivity index (χ3n) is 8.07. The summed E-state index contributed by atoms with van der Waals surface area (Å²) in [4.78, 5) is 20.1. The van der Waals surface area contributed by atoms with Crippen LogP contribution in [0.25, 0.3) is 16.7 Å². The number of sulfonamides is 1. The molecule has 1 N–H and O–H groups in total. The number of amides is 1. The van der Waals surface area contributed by atoms with Crippen LogP contribution in [0.1, 0.15) is 59.8 Å². The van der Waals surface area contributed by atoms with Crippen molar-refractivity contribution in [2.24, 2.45) is 5.92 Å². The highest BCUT2D eigenvalue weighted by Crippen LogP contribution is 2.43. The number of hydrogen-bond donors (Lipinski definition) is 1. The van der Waals surface area contributed by atoms with Gasteiger partial charge in [-0.15, -0.1) is 0 Å². The molecule has 1 aliphatic carbocycles. The molecule has 10 heteroatoms. The van der Waals surface area contributed by atoms with Crippen LogP contribution in [0.2, 0.25) is 0 Å². The summed E-state index contributed by atoms with van der Waals surface area (Å²) in [5.41, 5.74) is 4.54. The van der Waals surface area contributed by atoms with E-state index in [1.54, 1.807) is 10.7 Å². The minimum absolute atomic E-state index is 0.0588. The van der Waals surface area contributed by atoms with Crippen molar-refractivity contribution in [1.82, 2.24) is 19.5 Å². The van der Waals surface area contributed by atoms with Crippen LogP contribution in [0.3, 0.4) is 0 Å². The van der Waals surface area contributed by atoms with Gasteiger partial charge < -0.3 is 9.64 Å². The molecule has 1 amide bonds. The molecule has 0 radical (unpaired) electrons. The van der Waals surface area contributed by atoms with Gasteiger partial charge in [-0.05, 0) is 55.4 Å². The molecule has 4 aromatic rings. The SMILES string of the molecule is CS(=O)(=O)NC(=O)c1cc(N2CCC(COCc3ccccc3)CC2)c2c(C3CCC3)nn(-c3ccccc3)c2n1. The van der Waals surface area contributed by atoms with Crippen LogP contribution in [0.15, 0.2) is 66.7 Å². The quantitative estimate of drug-likeness (QED) is 0.306. The minimum Gasteiger partial charge on any atom is -0.376 e. The molecular formula is C31H35N5O4S. The number of aromatic nitrogens is 3. The molecular weight excluding hydrogens is 538 g/mol. The van der Waals surface area contributed by atoms with Gasteiger partial charge in [0.1, 0.15) is 5.69 Å². The van der Waals surface area contributed by atoms with Crippen molar-refractivity contribution >= 4 is 32.7 Å². The van der Waals surface area contributed by atoms with Crippen LogP contribution in [0, 0.1) is 5.92 Å². The summed E-state index contributed by atoms with van der Waals surface area (Å²) in [7, 11) is -3.75. The number of piperidine rings is 1. The molecule has 0 bridgehead atoms. The predicted molar refractivity (Wildman–Crippen MR) is 159 cm³/mol. The number of carbonyl (C=O) groups is 1. The molecule has 6 rings (SSSR count). The molecule has 1 saturated carbocycles. The van der Waals surface area contributed by atoms with E-state index in [-0.39, 0.29) is 5.69 Å². The van der Waals surface area contributed by atoms with Crippen LogP contribution < -0.4 is 9.62 Å². The summed E-state index contributed by atoms with van der Waals surface area (Å²) < 4.78 is 33.7. The third-order valence-corrected chi connectivity index (χ3v) is 8.62. The topological polar surface area (TPSA) is 106 Å². The minimum atomic E-state index is -3.75. The number of fused-ring (bicyclic) bond motifs is 1. The molecule has 2 aliphatic rings. The molecule has 0 atom stereocenters. The molecule has 0 spiro atoms. The average Bonchev–Trinajstić information content (AvgIpc) is 3.31. The number of rotatable bonds is 9. The molecule has 2 aromatic heterocycles. The lowest BCUT2D eigenvalue weighted by Crippen LogP contribution is -2.36. The van der Waals surface area contributed by atoms with E-state index in [4.69, 9.17) is 14.8 Å². The highest BCUT2D eigenvalue weighted by atomic mass is 32.2. The van der Waals surface area contributed by atoms with E-state index in [9.17, 15) is 13.2 Å². The fourth-order valence-corrected chi connectivity index (χ4v) is 6.13. The Morgan fingerprint density at radius 1 is 1.00 bits per heavy atom. The maximum Gasteiger partial charge on any atom is 0.283 e. The van der Waals surface area contributed by atoms with Gasteiger partial charge in [0, 0.05) is 25.6 Å². The van der Waals surface area contributed by atoms with Gasteiger partial charge in [-0.2, -0.15) is 5.10 Å². The van der Waals surface area contributed by atoms with Gasteiger partial charge >= 0.3 is 0 Å². The summed E-state index contributed by atoms with van der Waals surface area (Å²) in [5, 5.41) is 6.01. The lowest BCUT2D eigenvalue weighted by molar-refractivity contribution is 0.0786. The normalized spacial score (nSPS) is 16.6. The van der Waals surface area contributed by atoms with Crippen LogP contribution in [-0.4, -0.2) is 55.0 Å². The maximum absolute atomic E-state index is 13.1. The first-order chi connectivity index (χ1) is 19.9. The van der Waals surface area contributed by atoms with Crippen molar-refractivity contribution in [3.8, 4) is 5.69 Å². The van der Waals surface area contributed by atoms with Gasteiger partial charge in [0.2, 0.25) is 10.0 Å². The second kappa shape index (κ2) is 11.6.